The van der Waals surface area contributed by atoms with Crippen molar-refractivity contribution in [3.05, 3.63) is 35.9 Å². The van der Waals surface area contributed by atoms with E-state index in [1.807, 2.05) is 37.3 Å². The van der Waals surface area contributed by atoms with Gasteiger partial charge in [0.05, 0.1) is 5.56 Å². The molecule has 0 amide bonds. The number of hydrogen-bond acceptors (Lipinski definition) is 8. The van der Waals surface area contributed by atoms with Crippen molar-refractivity contribution in [1.29, 1.82) is 0 Å². The first-order valence-electron chi connectivity index (χ1n) is 12.9. The second-order valence-corrected chi connectivity index (χ2v) is 9.39. The lowest BCUT2D eigenvalue weighted by molar-refractivity contribution is -0.147. The number of anilines is 1. The number of aliphatic hydroxyl groups excluding tert-OH is 1. The number of piperidine rings is 1. The number of carbonyl (C=O) groups is 1. The monoisotopic (exact) mass is 487 g/mol. The zero-order chi connectivity index (χ0) is 25.0. The van der Waals surface area contributed by atoms with E-state index in [0.29, 0.717) is 32.2 Å². The molecule has 1 aromatic carbocycles. The van der Waals surface area contributed by atoms with Crippen LogP contribution >= 0.6 is 0 Å². The SMILES string of the molecule is CCCC(=O)OCC(O)CN(CCCOC)Cc1c(-c2ccccc2)noc1N1CCCCC1C. The number of methoxy groups -OCH3 is 1. The van der Waals surface area contributed by atoms with Gasteiger partial charge in [0, 0.05) is 57.9 Å². The molecule has 3 rings (SSSR count). The Kier molecular flexibility index (Phi) is 11.0. The highest BCUT2D eigenvalue weighted by atomic mass is 16.5. The molecule has 1 saturated heterocycles. The molecule has 0 bridgehead atoms. The molecule has 2 heterocycles. The highest BCUT2D eigenvalue weighted by Crippen LogP contribution is 2.35. The van der Waals surface area contributed by atoms with Gasteiger partial charge < -0.3 is 24.0 Å². The minimum Gasteiger partial charge on any atom is -0.463 e. The lowest BCUT2D eigenvalue weighted by Crippen LogP contribution is -2.39. The summed E-state index contributed by atoms with van der Waals surface area (Å²) in [5, 5.41) is 15.2. The van der Waals surface area contributed by atoms with Crippen LogP contribution < -0.4 is 4.90 Å². The summed E-state index contributed by atoms with van der Waals surface area (Å²) in [7, 11) is 1.69. The fourth-order valence-electron chi connectivity index (χ4n) is 4.60. The Labute approximate surface area is 209 Å². The first kappa shape index (κ1) is 27.2. The molecule has 2 aromatic rings. The van der Waals surface area contributed by atoms with Gasteiger partial charge in [-0.25, -0.2) is 0 Å². The van der Waals surface area contributed by atoms with Gasteiger partial charge in [0.2, 0.25) is 5.88 Å². The average molecular weight is 488 g/mol. The van der Waals surface area contributed by atoms with Gasteiger partial charge in [0.15, 0.2) is 0 Å². The van der Waals surface area contributed by atoms with Gasteiger partial charge in [0.25, 0.3) is 0 Å². The summed E-state index contributed by atoms with van der Waals surface area (Å²) >= 11 is 0. The molecule has 2 atom stereocenters. The quantitative estimate of drug-likeness (QED) is 0.312. The summed E-state index contributed by atoms with van der Waals surface area (Å²) in [5.41, 5.74) is 2.87. The van der Waals surface area contributed by atoms with Crippen LogP contribution in [0.1, 0.15) is 57.9 Å². The topological polar surface area (TPSA) is 88.3 Å². The van der Waals surface area contributed by atoms with E-state index in [0.717, 1.165) is 61.5 Å². The van der Waals surface area contributed by atoms with E-state index >= 15 is 0 Å². The number of esters is 1. The van der Waals surface area contributed by atoms with Crippen molar-refractivity contribution < 1.29 is 23.9 Å². The minimum absolute atomic E-state index is 0.00912. The smallest absolute Gasteiger partial charge is 0.305 e. The van der Waals surface area contributed by atoms with E-state index in [1.165, 1.54) is 6.42 Å². The highest BCUT2D eigenvalue weighted by molar-refractivity contribution is 5.69. The Hall–Kier alpha value is -2.42. The number of rotatable bonds is 14. The van der Waals surface area contributed by atoms with Crippen LogP contribution in [0.15, 0.2) is 34.9 Å². The number of ether oxygens (including phenoxy) is 2. The van der Waals surface area contributed by atoms with Crippen molar-refractivity contribution in [2.45, 2.75) is 71.1 Å². The molecule has 0 spiro atoms. The van der Waals surface area contributed by atoms with Gasteiger partial charge in [-0.05, 0) is 39.0 Å². The molecule has 1 fully saturated rings. The Balaban J connectivity index is 1.83. The standard InChI is InChI=1S/C27H41N3O5/c1-4-11-25(32)34-20-23(31)18-29(15-10-17-33-3)19-24-26(22-13-6-5-7-14-22)28-35-27(24)30-16-9-8-12-21(30)2/h5-7,13-14,21,23,31H,4,8-12,15-20H2,1-3H3. The van der Waals surface area contributed by atoms with E-state index < -0.39 is 6.10 Å². The predicted molar refractivity (Wildman–Crippen MR) is 136 cm³/mol. The van der Waals surface area contributed by atoms with Crippen LogP contribution in [0.25, 0.3) is 11.3 Å². The fraction of sp³-hybridized carbons (Fsp3) is 0.630. The van der Waals surface area contributed by atoms with Gasteiger partial charge in [-0.3, -0.25) is 9.69 Å². The summed E-state index contributed by atoms with van der Waals surface area (Å²) in [6, 6.07) is 10.5. The first-order chi connectivity index (χ1) is 17.0. The summed E-state index contributed by atoms with van der Waals surface area (Å²) in [5.74, 6) is 0.543. The molecule has 1 aliphatic rings. The third-order valence-electron chi connectivity index (χ3n) is 6.44. The predicted octanol–water partition coefficient (Wildman–Crippen LogP) is 4.26. The normalized spacial score (nSPS) is 17.1. The van der Waals surface area contributed by atoms with Gasteiger partial charge in [-0.15, -0.1) is 0 Å². The van der Waals surface area contributed by atoms with Crippen molar-refractivity contribution in [1.82, 2.24) is 10.1 Å². The average Bonchev–Trinajstić information content (AvgIpc) is 3.27. The number of aliphatic hydroxyl groups is 1. The maximum Gasteiger partial charge on any atom is 0.305 e. The second kappa shape index (κ2) is 14.2. The molecule has 0 saturated carbocycles. The molecule has 0 radical (unpaired) electrons. The van der Waals surface area contributed by atoms with Crippen LogP contribution in [0.4, 0.5) is 5.88 Å². The van der Waals surface area contributed by atoms with Crippen molar-refractivity contribution in [3.8, 4) is 11.3 Å². The maximum absolute atomic E-state index is 11.8. The lowest BCUT2D eigenvalue weighted by Gasteiger charge is -2.34. The molecule has 2 unspecified atom stereocenters. The van der Waals surface area contributed by atoms with Crippen LogP contribution in [0.3, 0.4) is 0 Å². The summed E-state index contributed by atoms with van der Waals surface area (Å²) in [4.78, 5) is 16.3. The number of hydrogen-bond donors (Lipinski definition) is 1. The van der Waals surface area contributed by atoms with E-state index in [9.17, 15) is 9.90 Å². The number of benzene rings is 1. The minimum atomic E-state index is -0.782. The van der Waals surface area contributed by atoms with Gasteiger partial charge in [-0.1, -0.05) is 42.4 Å². The molecular formula is C27H41N3O5. The van der Waals surface area contributed by atoms with E-state index in [4.69, 9.17) is 14.0 Å². The zero-order valence-electron chi connectivity index (χ0n) is 21.4. The van der Waals surface area contributed by atoms with Gasteiger partial charge >= 0.3 is 5.97 Å². The van der Waals surface area contributed by atoms with E-state index in [2.05, 4.69) is 21.9 Å². The van der Waals surface area contributed by atoms with Gasteiger partial charge in [-0.2, -0.15) is 0 Å². The van der Waals surface area contributed by atoms with Crippen LogP contribution in [-0.4, -0.2) is 73.2 Å². The van der Waals surface area contributed by atoms with Crippen molar-refractivity contribution in [2.75, 3.05) is 44.9 Å². The Morgan fingerprint density at radius 1 is 1.31 bits per heavy atom. The fourth-order valence-corrected chi connectivity index (χ4v) is 4.60. The largest absolute Gasteiger partial charge is 0.463 e. The molecule has 8 heteroatoms. The van der Waals surface area contributed by atoms with Crippen molar-refractivity contribution in [2.24, 2.45) is 0 Å². The molecule has 1 N–H and O–H groups in total. The van der Waals surface area contributed by atoms with Crippen LogP contribution in [-0.2, 0) is 20.8 Å². The van der Waals surface area contributed by atoms with Gasteiger partial charge in [0.1, 0.15) is 18.4 Å². The Morgan fingerprint density at radius 3 is 2.83 bits per heavy atom. The molecule has 8 nitrogen and oxygen atoms in total. The highest BCUT2D eigenvalue weighted by Gasteiger charge is 2.29. The number of aromatic nitrogens is 1. The number of carbonyl (C=O) groups excluding carboxylic acids is 1. The Morgan fingerprint density at radius 2 is 2.11 bits per heavy atom. The van der Waals surface area contributed by atoms with Crippen LogP contribution in [0.2, 0.25) is 0 Å². The summed E-state index contributed by atoms with van der Waals surface area (Å²) in [6.45, 7) is 7.39. The Bertz CT molecular complexity index is 888. The molecule has 1 aromatic heterocycles. The third-order valence-corrected chi connectivity index (χ3v) is 6.44. The first-order valence-corrected chi connectivity index (χ1v) is 12.9. The van der Waals surface area contributed by atoms with Crippen molar-refractivity contribution in [3.63, 3.8) is 0 Å². The molecule has 194 valence electrons. The second-order valence-electron chi connectivity index (χ2n) is 9.39. The molecule has 35 heavy (non-hydrogen) atoms. The van der Waals surface area contributed by atoms with Crippen molar-refractivity contribution >= 4 is 11.9 Å². The van der Waals surface area contributed by atoms with E-state index in [-0.39, 0.29) is 12.6 Å². The molecular weight excluding hydrogens is 446 g/mol. The number of nitrogens with zero attached hydrogens (tertiary/aromatic N) is 3. The summed E-state index contributed by atoms with van der Waals surface area (Å²) in [6.07, 6.45) is 4.61. The maximum atomic E-state index is 11.8. The molecule has 1 aliphatic heterocycles. The lowest BCUT2D eigenvalue weighted by atomic mass is 10.0. The third kappa shape index (κ3) is 8.05. The van der Waals surface area contributed by atoms with Crippen LogP contribution in [0.5, 0.6) is 0 Å². The van der Waals surface area contributed by atoms with E-state index in [1.54, 1.807) is 7.11 Å². The zero-order valence-corrected chi connectivity index (χ0v) is 21.4. The molecule has 0 aliphatic carbocycles. The van der Waals surface area contributed by atoms with Crippen LogP contribution in [0, 0.1) is 0 Å². The summed E-state index contributed by atoms with van der Waals surface area (Å²) < 4.78 is 16.5.